The maximum absolute atomic E-state index is 11.8. The largest absolute Gasteiger partial charge is 0.511 e. The molecule has 3 nitrogen and oxygen atoms in total. The van der Waals surface area contributed by atoms with Gasteiger partial charge in [0.05, 0.1) is 0 Å². The lowest BCUT2D eigenvalue weighted by Gasteiger charge is -2.21. The molecule has 0 aromatic rings. The third-order valence-electron chi connectivity index (χ3n) is 1.40. The molecular weight excluding hydrogens is 195 g/mol. The molecule has 74 valence electrons. The first-order chi connectivity index (χ1) is 5.10. The van der Waals surface area contributed by atoms with Crippen molar-refractivity contribution in [3.05, 3.63) is 0 Å². The van der Waals surface area contributed by atoms with Crippen LogP contribution < -0.4 is 0 Å². The number of hydrogen-bond acceptors (Lipinski definition) is 2. The smallest absolute Gasteiger partial charge is 0.203 e. The summed E-state index contributed by atoms with van der Waals surface area (Å²) in [6, 6.07) is -0.698. The molecule has 0 unspecified atom stereocenters. The van der Waals surface area contributed by atoms with Crippen molar-refractivity contribution in [2.45, 2.75) is 25.4 Å². The molecule has 0 radical (unpaired) electrons. The van der Waals surface area contributed by atoms with Gasteiger partial charge in [-0.25, -0.2) is 8.42 Å². The molecule has 7 heteroatoms. The van der Waals surface area contributed by atoms with Gasteiger partial charge in [0.2, 0.25) is 0 Å². The topological polar surface area (TPSA) is 37.4 Å². The van der Waals surface area contributed by atoms with E-state index in [0.717, 1.165) is 7.05 Å². The normalized spacial score (nSPS) is 14.3. The highest BCUT2D eigenvalue weighted by molar-refractivity contribution is 7.89. The second-order valence-electron chi connectivity index (χ2n) is 2.56. The zero-order valence-corrected chi connectivity index (χ0v) is 7.70. The Morgan fingerprint density at radius 1 is 1.25 bits per heavy atom. The monoisotopic (exact) mass is 205 g/mol. The van der Waals surface area contributed by atoms with Crippen molar-refractivity contribution in [3.8, 4) is 0 Å². The molecular formula is C5H10F3NO2S. The van der Waals surface area contributed by atoms with E-state index in [-0.39, 0.29) is 4.31 Å². The molecule has 0 heterocycles. The molecule has 0 atom stereocenters. The third kappa shape index (κ3) is 2.10. The Kier molecular flexibility index (Phi) is 3.13. The van der Waals surface area contributed by atoms with Crippen molar-refractivity contribution in [1.29, 1.82) is 0 Å². The molecule has 0 aromatic carbocycles. The van der Waals surface area contributed by atoms with Gasteiger partial charge in [-0.05, 0) is 13.8 Å². The fraction of sp³-hybridized carbons (Fsp3) is 1.00. The molecule has 0 rings (SSSR count). The number of halogens is 3. The van der Waals surface area contributed by atoms with Gasteiger partial charge in [-0.3, -0.25) is 0 Å². The van der Waals surface area contributed by atoms with Crippen LogP contribution in [0.4, 0.5) is 13.2 Å². The minimum atomic E-state index is -5.20. The van der Waals surface area contributed by atoms with E-state index in [2.05, 4.69) is 0 Å². The van der Waals surface area contributed by atoms with E-state index in [1.54, 1.807) is 0 Å². The fourth-order valence-corrected chi connectivity index (χ4v) is 1.32. The van der Waals surface area contributed by atoms with Gasteiger partial charge < -0.3 is 0 Å². The maximum Gasteiger partial charge on any atom is 0.511 e. The summed E-state index contributed by atoms with van der Waals surface area (Å²) in [5.74, 6) is 0. The molecule has 0 saturated carbocycles. The van der Waals surface area contributed by atoms with Crippen molar-refractivity contribution < 1.29 is 21.6 Å². The van der Waals surface area contributed by atoms with Gasteiger partial charge >= 0.3 is 15.5 Å². The van der Waals surface area contributed by atoms with Gasteiger partial charge in [0, 0.05) is 13.1 Å². The highest BCUT2D eigenvalue weighted by atomic mass is 32.2. The summed E-state index contributed by atoms with van der Waals surface area (Å²) in [7, 11) is -4.25. The Morgan fingerprint density at radius 3 is 1.67 bits per heavy atom. The van der Waals surface area contributed by atoms with Crippen molar-refractivity contribution >= 4 is 10.0 Å². The average molecular weight is 205 g/mol. The van der Waals surface area contributed by atoms with Gasteiger partial charge in [0.25, 0.3) is 0 Å². The average Bonchev–Trinajstić information content (AvgIpc) is 1.83. The van der Waals surface area contributed by atoms with Crippen LogP contribution in [-0.4, -0.2) is 31.3 Å². The van der Waals surface area contributed by atoms with Crippen molar-refractivity contribution in [3.63, 3.8) is 0 Å². The molecule has 0 spiro atoms. The van der Waals surface area contributed by atoms with E-state index in [1.807, 2.05) is 0 Å². The van der Waals surface area contributed by atoms with Gasteiger partial charge in [-0.1, -0.05) is 0 Å². The number of nitrogens with zero attached hydrogens (tertiary/aromatic N) is 1. The SMILES string of the molecule is CC(C)N(C)S(=O)(=O)C(F)(F)F. The molecule has 0 aliphatic rings. The minimum absolute atomic E-state index is 0.285. The first kappa shape index (κ1) is 11.7. The van der Waals surface area contributed by atoms with Crippen molar-refractivity contribution in [1.82, 2.24) is 4.31 Å². The zero-order valence-electron chi connectivity index (χ0n) is 6.88. The van der Waals surface area contributed by atoms with E-state index in [1.165, 1.54) is 13.8 Å². The highest BCUT2D eigenvalue weighted by Gasteiger charge is 2.49. The minimum Gasteiger partial charge on any atom is -0.203 e. The molecule has 0 aliphatic carbocycles. The molecule has 0 aromatic heterocycles. The number of sulfonamides is 1. The Balaban J connectivity index is 4.89. The van der Waals surface area contributed by atoms with Crippen LogP contribution in [-0.2, 0) is 10.0 Å². The highest BCUT2D eigenvalue weighted by Crippen LogP contribution is 2.26. The van der Waals surface area contributed by atoms with E-state index in [9.17, 15) is 21.6 Å². The Morgan fingerprint density at radius 2 is 1.58 bits per heavy atom. The third-order valence-corrected chi connectivity index (χ3v) is 3.16. The molecule has 0 bridgehead atoms. The molecule has 12 heavy (non-hydrogen) atoms. The molecule has 0 N–H and O–H groups in total. The van der Waals surface area contributed by atoms with Gasteiger partial charge in [-0.15, -0.1) is 0 Å². The first-order valence-corrected chi connectivity index (χ1v) is 4.59. The second kappa shape index (κ2) is 3.21. The summed E-state index contributed by atoms with van der Waals surface area (Å²) >= 11 is 0. The molecule has 0 amide bonds. The Hall–Kier alpha value is -0.300. The maximum atomic E-state index is 11.8. The van der Waals surface area contributed by atoms with Crippen LogP contribution in [0.5, 0.6) is 0 Å². The van der Waals surface area contributed by atoms with Crippen LogP contribution in [0.25, 0.3) is 0 Å². The quantitative estimate of drug-likeness (QED) is 0.678. The number of hydrogen-bond donors (Lipinski definition) is 0. The summed E-state index contributed by atoms with van der Waals surface area (Å²) in [4.78, 5) is 0. The summed E-state index contributed by atoms with van der Waals surface area (Å²) in [5, 5.41) is 0. The van der Waals surface area contributed by atoms with E-state index >= 15 is 0 Å². The van der Waals surface area contributed by atoms with Crippen molar-refractivity contribution in [2.24, 2.45) is 0 Å². The van der Waals surface area contributed by atoms with Gasteiger partial charge in [0.1, 0.15) is 0 Å². The summed E-state index contributed by atoms with van der Waals surface area (Å²) < 4.78 is 56.9. The lowest BCUT2D eigenvalue weighted by molar-refractivity contribution is -0.0489. The molecule has 0 saturated heterocycles. The van der Waals surface area contributed by atoms with Crippen LogP contribution in [0.3, 0.4) is 0 Å². The predicted molar refractivity (Wildman–Crippen MR) is 37.9 cm³/mol. The van der Waals surface area contributed by atoms with E-state index in [0.29, 0.717) is 0 Å². The van der Waals surface area contributed by atoms with Crippen LogP contribution in [0, 0.1) is 0 Å². The second-order valence-corrected chi connectivity index (χ2v) is 4.55. The number of alkyl halides is 3. The zero-order chi connectivity index (χ0) is 10.2. The van der Waals surface area contributed by atoms with Gasteiger partial charge in [-0.2, -0.15) is 17.5 Å². The van der Waals surface area contributed by atoms with E-state index in [4.69, 9.17) is 0 Å². The van der Waals surface area contributed by atoms with Crippen LogP contribution >= 0.6 is 0 Å². The summed E-state index contributed by atoms with van der Waals surface area (Å²) in [6.45, 7) is 2.73. The summed E-state index contributed by atoms with van der Waals surface area (Å²) in [5.41, 5.74) is -5.20. The van der Waals surface area contributed by atoms with Crippen LogP contribution in [0.1, 0.15) is 13.8 Å². The summed E-state index contributed by atoms with van der Waals surface area (Å²) in [6.07, 6.45) is 0. The number of rotatable bonds is 2. The molecule has 0 aliphatic heterocycles. The van der Waals surface area contributed by atoms with Crippen LogP contribution in [0.15, 0.2) is 0 Å². The standard InChI is InChI=1S/C5H10F3NO2S/c1-4(2)9(3)12(10,11)5(6,7)8/h4H,1-3H3. The first-order valence-electron chi connectivity index (χ1n) is 3.15. The fourth-order valence-electron chi connectivity index (χ4n) is 0.441. The van der Waals surface area contributed by atoms with Crippen molar-refractivity contribution in [2.75, 3.05) is 7.05 Å². The van der Waals surface area contributed by atoms with E-state index < -0.39 is 21.6 Å². The van der Waals surface area contributed by atoms with Crippen LogP contribution in [0.2, 0.25) is 0 Å². The molecule has 0 fully saturated rings. The van der Waals surface area contributed by atoms with Gasteiger partial charge in [0.15, 0.2) is 0 Å². The predicted octanol–water partition coefficient (Wildman–Crippen LogP) is 1.18. The Labute approximate surface area is 69.2 Å². The Bertz CT molecular complexity index is 244. The lowest BCUT2D eigenvalue weighted by Crippen LogP contribution is -2.41. The lowest BCUT2D eigenvalue weighted by atomic mass is 10.4.